The van der Waals surface area contributed by atoms with Gasteiger partial charge in [-0.3, -0.25) is 4.79 Å². The van der Waals surface area contributed by atoms with Crippen molar-refractivity contribution in [2.24, 2.45) is 5.92 Å². The van der Waals surface area contributed by atoms with Crippen LogP contribution in [0.1, 0.15) is 24.3 Å². The van der Waals surface area contributed by atoms with Crippen molar-refractivity contribution >= 4 is 11.6 Å². The van der Waals surface area contributed by atoms with Crippen molar-refractivity contribution in [2.45, 2.75) is 18.8 Å². The first kappa shape index (κ1) is 10.7. The lowest BCUT2D eigenvalue weighted by molar-refractivity contribution is -0.118. The van der Waals surface area contributed by atoms with E-state index in [9.17, 15) is 9.18 Å². The number of halogens is 1. The predicted molar refractivity (Wildman–Crippen MR) is 63.4 cm³/mol. The van der Waals surface area contributed by atoms with Crippen LogP contribution in [0.2, 0.25) is 0 Å². The van der Waals surface area contributed by atoms with Crippen molar-refractivity contribution in [3.8, 4) is 0 Å². The summed E-state index contributed by atoms with van der Waals surface area (Å²) in [6.45, 7) is 1.89. The molecule has 2 N–H and O–H groups in total. The third-order valence-electron chi connectivity index (χ3n) is 3.74. The zero-order valence-corrected chi connectivity index (χ0v) is 9.50. The molecule has 0 spiro atoms. The molecule has 0 bridgehead atoms. The fourth-order valence-corrected chi connectivity index (χ4v) is 2.90. The van der Waals surface area contributed by atoms with Crippen LogP contribution in [-0.4, -0.2) is 19.0 Å². The van der Waals surface area contributed by atoms with Crippen LogP contribution in [0, 0.1) is 11.7 Å². The second kappa shape index (κ2) is 4.11. The minimum absolute atomic E-state index is 0.0255. The number of piperidine rings is 1. The summed E-state index contributed by atoms with van der Waals surface area (Å²) in [6.07, 6.45) is 1.96. The number of hydrogen-bond acceptors (Lipinski definition) is 2. The largest absolute Gasteiger partial charge is 0.325 e. The molecule has 1 saturated heterocycles. The lowest BCUT2D eigenvalue weighted by Gasteiger charge is -2.26. The van der Waals surface area contributed by atoms with Crippen LogP contribution in [0.5, 0.6) is 0 Å². The van der Waals surface area contributed by atoms with E-state index >= 15 is 0 Å². The van der Waals surface area contributed by atoms with Gasteiger partial charge in [0.25, 0.3) is 0 Å². The number of carbonyl (C=O) groups excluding carboxylic acids is 1. The van der Waals surface area contributed by atoms with Crippen LogP contribution in [-0.2, 0) is 4.79 Å². The molecule has 1 amide bonds. The standard InChI is InChI=1S/C13H15FN2O/c14-9-1-2-11-10(7-9)12(13(17)16-11)8-3-5-15-6-4-8/h1-2,7-8,12,15H,3-6H2,(H,16,17). The fourth-order valence-electron chi connectivity index (χ4n) is 2.90. The minimum Gasteiger partial charge on any atom is -0.325 e. The summed E-state index contributed by atoms with van der Waals surface area (Å²) in [7, 11) is 0. The number of carbonyl (C=O) groups is 1. The van der Waals surface area contributed by atoms with Crippen LogP contribution >= 0.6 is 0 Å². The van der Waals surface area contributed by atoms with Crippen LogP contribution in [0.25, 0.3) is 0 Å². The number of hydrogen-bond donors (Lipinski definition) is 2. The van der Waals surface area contributed by atoms with E-state index in [1.165, 1.54) is 12.1 Å². The van der Waals surface area contributed by atoms with E-state index in [0.29, 0.717) is 5.92 Å². The summed E-state index contributed by atoms with van der Waals surface area (Å²) in [5, 5.41) is 6.13. The lowest BCUT2D eigenvalue weighted by Crippen LogP contribution is -2.33. The molecule has 2 aliphatic heterocycles. The molecule has 1 atom stereocenters. The molecule has 17 heavy (non-hydrogen) atoms. The van der Waals surface area contributed by atoms with Gasteiger partial charge in [0, 0.05) is 5.69 Å². The van der Waals surface area contributed by atoms with E-state index < -0.39 is 0 Å². The Kier molecular flexibility index (Phi) is 2.59. The molecular formula is C13H15FN2O. The average molecular weight is 234 g/mol. The Bertz CT molecular complexity index is 455. The molecule has 2 aliphatic rings. The first-order chi connectivity index (χ1) is 8.25. The highest BCUT2D eigenvalue weighted by atomic mass is 19.1. The highest BCUT2D eigenvalue weighted by Gasteiger charge is 2.37. The number of amides is 1. The number of fused-ring (bicyclic) bond motifs is 1. The second-order valence-electron chi connectivity index (χ2n) is 4.79. The van der Waals surface area contributed by atoms with Gasteiger partial charge in [-0.2, -0.15) is 0 Å². The van der Waals surface area contributed by atoms with Crippen LogP contribution in [0.3, 0.4) is 0 Å². The topological polar surface area (TPSA) is 41.1 Å². The smallest absolute Gasteiger partial charge is 0.232 e. The summed E-state index contributed by atoms with van der Waals surface area (Å²) in [4.78, 5) is 12.0. The van der Waals surface area contributed by atoms with Gasteiger partial charge in [0.15, 0.2) is 0 Å². The SMILES string of the molecule is O=C1Nc2ccc(F)cc2C1C1CCNCC1. The maximum atomic E-state index is 13.3. The van der Waals surface area contributed by atoms with E-state index in [1.807, 2.05) is 0 Å². The van der Waals surface area contributed by atoms with Crippen molar-refractivity contribution in [2.75, 3.05) is 18.4 Å². The highest BCUT2D eigenvalue weighted by molar-refractivity contribution is 6.03. The normalized spacial score (nSPS) is 24.5. The molecule has 0 saturated carbocycles. The quantitative estimate of drug-likeness (QED) is 0.778. The first-order valence-electron chi connectivity index (χ1n) is 6.07. The molecule has 4 heteroatoms. The molecule has 3 nitrogen and oxygen atoms in total. The zero-order chi connectivity index (χ0) is 11.8. The molecule has 1 unspecified atom stereocenters. The van der Waals surface area contributed by atoms with E-state index in [1.54, 1.807) is 6.07 Å². The van der Waals surface area contributed by atoms with E-state index in [2.05, 4.69) is 10.6 Å². The Morgan fingerprint density at radius 3 is 2.76 bits per heavy atom. The fraction of sp³-hybridized carbons (Fsp3) is 0.462. The third-order valence-corrected chi connectivity index (χ3v) is 3.74. The van der Waals surface area contributed by atoms with Crippen molar-refractivity contribution in [3.63, 3.8) is 0 Å². The number of rotatable bonds is 1. The van der Waals surface area contributed by atoms with Crippen molar-refractivity contribution < 1.29 is 9.18 Å². The third kappa shape index (κ3) is 1.82. The zero-order valence-electron chi connectivity index (χ0n) is 9.50. The number of anilines is 1. The van der Waals surface area contributed by atoms with Gasteiger partial charge in [-0.05, 0) is 55.6 Å². The monoisotopic (exact) mass is 234 g/mol. The van der Waals surface area contributed by atoms with Gasteiger partial charge in [0.05, 0.1) is 5.92 Å². The van der Waals surface area contributed by atoms with Crippen molar-refractivity contribution in [1.29, 1.82) is 0 Å². The first-order valence-corrected chi connectivity index (χ1v) is 6.07. The Morgan fingerprint density at radius 1 is 1.24 bits per heavy atom. The summed E-state index contributed by atoms with van der Waals surface area (Å²) >= 11 is 0. The van der Waals surface area contributed by atoms with Gasteiger partial charge in [-0.15, -0.1) is 0 Å². The number of nitrogens with one attached hydrogen (secondary N) is 2. The highest BCUT2D eigenvalue weighted by Crippen LogP contribution is 2.40. The molecular weight excluding hydrogens is 219 g/mol. The van der Waals surface area contributed by atoms with Gasteiger partial charge in [0.1, 0.15) is 5.82 Å². The molecule has 1 aromatic carbocycles. The molecule has 1 fully saturated rings. The minimum atomic E-state index is -0.265. The van der Waals surface area contributed by atoms with Gasteiger partial charge in [0.2, 0.25) is 5.91 Å². The van der Waals surface area contributed by atoms with Gasteiger partial charge in [-0.1, -0.05) is 0 Å². The van der Waals surface area contributed by atoms with Crippen molar-refractivity contribution in [3.05, 3.63) is 29.6 Å². The van der Waals surface area contributed by atoms with Crippen LogP contribution < -0.4 is 10.6 Å². The van der Waals surface area contributed by atoms with Crippen LogP contribution in [0.4, 0.5) is 10.1 Å². The summed E-state index contributed by atoms with van der Waals surface area (Å²) in [5.41, 5.74) is 1.61. The molecule has 0 radical (unpaired) electrons. The maximum absolute atomic E-state index is 13.3. The molecule has 0 aromatic heterocycles. The molecule has 3 rings (SSSR count). The van der Waals surface area contributed by atoms with Crippen molar-refractivity contribution in [1.82, 2.24) is 5.32 Å². The predicted octanol–water partition coefficient (Wildman–Crippen LogP) is 1.86. The number of benzene rings is 1. The Hall–Kier alpha value is -1.42. The Labute approximate surface area is 99.4 Å². The van der Waals surface area contributed by atoms with E-state index in [4.69, 9.17) is 0 Å². The lowest BCUT2D eigenvalue weighted by atomic mass is 9.81. The molecule has 0 aliphatic carbocycles. The summed E-state index contributed by atoms with van der Waals surface area (Å²) < 4.78 is 13.3. The van der Waals surface area contributed by atoms with E-state index in [0.717, 1.165) is 37.2 Å². The molecule has 2 heterocycles. The van der Waals surface area contributed by atoms with Gasteiger partial charge in [-0.25, -0.2) is 4.39 Å². The average Bonchev–Trinajstić information content (AvgIpc) is 2.65. The maximum Gasteiger partial charge on any atom is 0.232 e. The second-order valence-corrected chi connectivity index (χ2v) is 4.79. The molecule has 1 aromatic rings. The summed E-state index contributed by atoms with van der Waals surface area (Å²) in [6, 6.07) is 4.55. The Balaban J connectivity index is 1.95. The summed E-state index contributed by atoms with van der Waals surface area (Å²) in [5.74, 6) is -0.0706. The van der Waals surface area contributed by atoms with Crippen LogP contribution in [0.15, 0.2) is 18.2 Å². The Morgan fingerprint density at radius 2 is 2.00 bits per heavy atom. The van der Waals surface area contributed by atoms with E-state index in [-0.39, 0.29) is 17.6 Å². The van der Waals surface area contributed by atoms with Gasteiger partial charge >= 0.3 is 0 Å². The van der Waals surface area contributed by atoms with Gasteiger partial charge < -0.3 is 10.6 Å². The molecule has 90 valence electrons.